The number of pyridine rings is 1. The number of carbonyl (C=O) groups excluding carboxylic acids is 2. The molecule has 1 aliphatic rings. The van der Waals surface area contributed by atoms with E-state index in [1.165, 1.54) is 28.1 Å². The first kappa shape index (κ1) is 14.3. The van der Waals surface area contributed by atoms with Gasteiger partial charge in [0, 0.05) is 43.8 Å². The Bertz CT molecular complexity index is 805. The Morgan fingerprint density at radius 2 is 1.86 bits per heavy atom. The predicted octanol–water partition coefficient (Wildman–Crippen LogP) is -0.639. The number of aromatic nitrogens is 2. The van der Waals surface area contributed by atoms with Gasteiger partial charge >= 0.3 is 16.9 Å². The second-order valence-corrected chi connectivity index (χ2v) is 5.77. The molecule has 1 fully saturated rings. The molecule has 9 nitrogen and oxygen atoms in total. The van der Waals surface area contributed by atoms with Crippen LogP contribution in [0, 0.1) is 5.21 Å². The molecule has 1 aliphatic heterocycles. The van der Waals surface area contributed by atoms with Crippen molar-refractivity contribution >= 4 is 33.8 Å². The predicted molar refractivity (Wildman–Crippen MR) is 78.6 cm³/mol. The van der Waals surface area contributed by atoms with E-state index in [9.17, 15) is 19.6 Å². The van der Waals surface area contributed by atoms with E-state index >= 15 is 0 Å². The maximum Gasteiger partial charge on any atom is 0.341 e. The van der Waals surface area contributed by atoms with E-state index in [4.69, 9.17) is 5.73 Å². The summed E-state index contributed by atoms with van der Waals surface area (Å²) in [4.78, 5) is 38.8. The summed E-state index contributed by atoms with van der Waals surface area (Å²) < 4.78 is 1.54. The zero-order valence-corrected chi connectivity index (χ0v) is 12.3. The molecular weight excluding hydrogens is 310 g/mol. The van der Waals surface area contributed by atoms with Gasteiger partial charge in [0.15, 0.2) is 6.20 Å². The highest BCUT2D eigenvalue weighted by Crippen LogP contribution is 2.13. The Morgan fingerprint density at radius 3 is 2.45 bits per heavy atom. The highest BCUT2D eigenvalue weighted by atomic mass is 32.1. The lowest BCUT2D eigenvalue weighted by molar-refractivity contribution is -0.574. The fourth-order valence-electron chi connectivity index (χ4n) is 2.34. The van der Waals surface area contributed by atoms with E-state index in [1.54, 1.807) is 0 Å². The molecule has 0 bridgehead atoms. The molecule has 0 atom stereocenters. The van der Waals surface area contributed by atoms with Crippen molar-refractivity contribution in [2.45, 2.75) is 0 Å². The van der Waals surface area contributed by atoms with E-state index in [2.05, 4.69) is 0 Å². The molecule has 0 saturated carbocycles. The molecule has 0 aliphatic carbocycles. The number of piperazine rings is 1. The monoisotopic (exact) mass is 323 g/mol. The minimum absolute atomic E-state index is 0.191. The molecule has 3 amide bonds. The molecule has 116 valence electrons. The Morgan fingerprint density at radius 1 is 1.23 bits per heavy atom. The number of fused-ring (bicyclic) bond motifs is 1. The first-order valence-electron chi connectivity index (χ1n) is 6.57. The van der Waals surface area contributed by atoms with Crippen molar-refractivity contribution in [1.29, 1.82) is 0 Å². The summed E-state index contributed by atoms with van der Waals surface area (Å²) in [6.45, 7) is 1.23. The van der Waals surface area contributed by atoms with Crippen LogP contribution < -0.4 is 16.0 Å². The highest BCUT2D eigenvalue weighted by Gasteiger charge is 2.27. The zero-order chi connectivity index (χ0) is 15.9. The maximum atomic E-state index is 12.4. The molecule has 1 saturated heterocycles. The third-order valence-corrected chi connectivity index (χ3v) is 4.62. The molecule has 22 heavy (non-hydrogen) atoms. The van der Waals surface area contributed by atoms with Crippen molar-refractivity contribution in [3.63, 3.8) is 0 Å². The van der Waals surface area contributed by atoms with Crippen LogP contribution in [0.5, 0.6) is 0 Å². The topological polar surface area (TPSA) is 116 Å². The van der Waals surface area contributed by atoms with Crippen molar-refractivity contribution in [2.24, 2.45) is 5.73 Å². The average molecular weight is 323 g/mol. The number of nitrogens with two attached hydrogens (primary N) is 1. The third-order valence-electron chi connectivity index (χ3n) is 3.54. The number of primary amides is 1. The van der Waals surface area contributed by atoms with Crippen molar-refractivity contribution in [3.05, 3.63) is 33.9 Å². The quantitative estimate of drug-likeness (QED) is 0.513. The fraction of sp³-hybridized carbons (Fsp3) is 0.333. The lowest BCUT2D eigenvalue weighted by Crippen LogP contribution is -2.53. The number of hydrogen-bond donors (Lipinski definition) is 1. The van der Waals surface area contributed by atoms with Crippen LogP contribution in [0.1, 0.15) is 0 Å². The van der Waals surface area contributed by atoms with E-state index < -0.39 is 17.6 Å². The van der Waals surface area contributed by atoms with Crippen molar-refractivity contribution < 1.29 is 14.3 Å². The van der Waals surface area contributed by atoms with E-state index in [1.807, 2.05) is 0 Å². The van der Waals surface area contributed by atoms with Gasteiger partial charge in [-0.05, 0) is 6.07 Å². The summed E-state index contributed by atoms with van der Waals surface area (Å²) >= 11 is 0.818. The number of hydrogen-bond acceptors (Lipinski definition) is 5. The molecule has 2 aromatic rings. The van der Waals surface area contributed by atoms with Crippen LogP contribution in [0.15, 0.2) is 23.1 Å². The zero-order valence-electron chi connectivity index (χ0n) is 11.5. The van der Waals surface area contributed by atoms with Gasteiger partial charge < -0.3 is 20.7 Å². The molecule has 3 heterocycles. The van der Waals surface area contributed by atoms with Crippen LogP contribution in [-0.2, 0) is 0 Å². The number of rotatable bonds is 0. The molecular formula is C12H13N5O4S. The van der Waals surface area contributed by atoms with Gasteiger partial charge in [0.1, 0.15) is 5.39 Å². The summed E-state index contributed by atoms with van der Waals surface area (Å²) in [5.74, 6) is 0. The average Bonchev–Trinajstić information content (AvgIpc) is 2.85. The highest BCUT2D eigenvalue weighted by molar-refractivity contribution is 7.13. The lowest BCUT2D eigenvalue weighted by Gasteiger charge is -2.33. The second kappa shape index (κ2) is 5.30. The molecule has 3 rings (SSSR count). The standard InChI is InChI=1S/C12H13N5O4S/c13-11(19)14-4-6-15(7-5-14)12(20)17-9(18)8-2-1-3-16(21)10(8)22-17/h1-3H,4-7H2,(H2,13,19). The molecule has 2 aromatic heterocycles. The van der Waals surface area contributed by atoms with E-state index in [0.717, 1.165) is 15.5 Å². The van der Waals surface area contributed by atoms with Crippen LogP contribution in [0.2, 0.25) is 0 Å². The Balaban J connectivity index is 1.88. The molecule has 0 spiro atoms. The first-order valence-corrected chi connectivity index (χ1v) is 7.34. The van der Waals surface area contributed by atoms with E-state index in [-0.39, 0.29) is 10.2 Å². The molecule has 2 N–H and O–H groups in total. The van der Waals surface area contributed by atoms with Crippen molar-refractivity contribution in [1.82, 2.24) is 13.8 Å². The second-order valence-electron chi connectivity index (χ2n) is 4.84. The summed E-state index contributed by atoms with van der Waals surface area (Å²) in [6, 6.07) is 1.95. The van der Waals surface area contributed by atoms with Gasteiger partial charge in [-0.2, -0.15) is 8.69 Å². The van der Waals surface area contributed by atoms with Gasteiger partial charge in [0.2, 0.25) is 0 Å². The number of amides is 3. The van der Waals surface area contributed by atoms with Crippen LogP contribution in [0.3, 0.4) is 0 Å². The van der Waals surface area contributed by atoms with Crippen LogP contribution in [0.4, 0.5) is 9.59 Å². The Kier molecular flexibility index (Phi) is 3.45. The fourth-order valence-corrected chi connectivity index (χ4v) is 3.28. The largest absolute Gasteiger partial charge is 0.618 e. The van der Waals surface area contributed by atoms with E-state index in [0.29, 0.717) is 30.9 Å². The minimum atomic E-state index is -0.529. The normalized spacial score (nSPS) is 15.3. The maximum absolute atomic E-state index is 12.4. The number of carbonyl (C=O) groups is 2. The van der Waals surface area contributed by atoms with Crippen LogP contribution in [0.25, 0.3) is 10.2 Å². The first-order chi connectivity index (χ1) is 10.5. The summed E-state index contributed by atoms with van der Waals surface area (Å²) in [5.41, 5.74) is 4.68. The SMILES string of the molecule is NC(=O)N1CCN(C(=O)n2sc3c(ccc[n+]3[O-])c2=O)CC1. The van der Waals surface area contributed by atoms with Gasteiger partial charge in [-0.15, -0.1) is 0 Å². The molecule has 0 unspecified atom stereocenters. The molecule has 0 radical (unpaired) electrons. The Hall–Kier alpha value is -2.62. The minimum Gasteiger partial charge on any atom is -0.618 e. The van der Waals surface area contributed by atoms with Crippen molar-refractivity contribution in [3.8, 4) is 0 Å². The van der Waals surface area contributed by atoms with Crippen LogP contribution >= 0.6 is 11.5 Å². The van der Waals surface area contributed by atoms with Gasteiger partial charge in [-0.25, -0.2) is 9.59 Å². The number of nitrogens with zero attached hydrogens (tertiary/aromatic N) is 4. The summed E-state index contributed by atoms with van der Waals surface area (Å²) in [6.07, 6.45) is 1.28. The van der Waals surface area contributed by atoms with Gasteiger partial charge in [0.05, 0.1) is 0 Å². The van der Waals surface area contributed by atoms with Gasteiger partial charge in [0.25, 0.3) is 5.56 Å². The smallest absolute Gasteiger partial charge is 0.341 e. The summed E-state index contributed by atoms with van der Waals surface area (Å²) in [7, 11) is 0. The van der Waals surface area contributed by atoms with Gasteiger partial charge in [-0.3, -0.25) is 4.79 Å². The number of urea groups is 1. The third kappa shape index (κ3) is 2.26. The Labute approximate surface area is 128 Å². The molecule has 10 heteroatoms. The van der Waals surface area contributed by atoms with Crippen LogP contribution in [-0.4, -0.2) is 52.0 Å². The van der Waals surface area contributed by atoms with Crippen molar-refractivity contribution in [2.75, 3.05) is 26.2 Å². The summed E-state index contributed by atoms with van der Waals surface area (Å²) in [5, 5.41) is 11.9. The molecule has 0 aromatic carbocycles. The van der Waals surface area contributed by atoms with Gasteiger partial charge in [-0.1, -0.05) is 0 Å². The lowest BCUT2D eigenvalue weighted by atomic mass is 10.3.